The molecule has 138 valence electrons. The Morgan fingerprint density at radius 1 is 1.15 bits per heavy atom. The molecule has 0 aliphatic rings. The lowest BCUT2D eigenvalue weighted by molar-refractivity contribution is 0.427. The number of aromatic nitrogens is 5. The van der Waals surface area contributed by atoms with Crippen molar-refractivity contribution in [3.05, 3.63) is 72.1 Å². The molecule has 27 heavy (non-hydrogen) atoms. The van der Waals surface area contributed by atoms with Crippen LogP contribution in [0.25, 0.3) is 10.7 Å². The van der Waals surface area contributed by atoms with Crippen molar-refractivity contribution in [3.8, 4) is 15.8 Å². The fourth-order valence-corrected chi connectivity index (χ4v) is 3.75. The zero-order chi connectivity index (χ0) is 18.6. The van der Waals surface area contributed by atoms with Crippen LogP contribution in [-0.2, 0) is 19.5 Å². The normalized spacial score (nSPS) is 11.0. The maximum absolute atomic E-state index is 5.35. The molecule has 0 N–H and O–H groups in total. The molecule has 0 unspecified atom stereocenters. The number of hydrogen-bond acceptors (Lipinski definition) is 5. The van der Waals surface area contributed by atoms with Crippen LogP contribution in [0.3, 0.4) is 0 Å². The number of rotatable bonds is 7. The summed E-state index contributed by atoms with van der Waals surface area (Å²) in [5.74, 6) is 1.71. The smallest absolute Gasteiger partial charge is 0.174 e. The third kappa shape index (κ3) is 3.93. The van der Waals surface area contributed by atoms with Gasteiger partial charge in [-0.1, -0.05) is 35.6 Å². The van der Waals surface area contributed by atoms with Gasteiger partial charge in [0.15, 0.2) is 16.7 Å². The Kier molecular flexibility index (Phi) is 5.02. The molecule has 4 rings (SSSR count). The molecule has 0 aliphatic heterocycles. The van der Waals surface area contributed by atoms with Gasteiger partial charge in [-0.15, -0.1) is 0 Å². The van der Waals surface area contributed by atoms with E-state index in [2.05, 4.69) is 36.2 Å². The first kappa shape index (κ1) is 17.5. The van der Waals surface area contributed by atoms with Crippen molar-refractivity contribution in [2.24, 2.45) is 0 Å². The summed E-state index contributed by atoms with van der Waals surface area (Å²) >= 11 is 1.58. The molecular formula is C20H21N5OS. The molecule has 0 bridgehead atoms. The van der Waals surface area contributed by atoms with Crippen LogP contribution >= 0.6 is 11.3 Å². The number of nitrogens with zero attached hydrogens (tertiary/aromatic N) is 5. The third-order valence-electron chi connectivity index (χ3n) is 4.45. The summed E-state index contributed by atoms with van der Waals surface area (Å²) in [7, 11) is 1.68. The highest BCUT2D eigenvalue weighted by Gasteiger charge is 2.15. The van der Waals surface area contributed by atoms with Gasteiger partial charge in [-0.05, 0) is 30.2 Å². The number of methoxy groups -OCH3 is 1. The van der Waals surface area contributed by atoms with Gasteiger partial charge < -0.3 is 9.30 Å². The zero-order valence-corrected chi connectivity index (χ0v) is 16.2. The van der Waals surface area contributed by atoms with E-state index in [0.29, 0.717) is 6.54 Å². The fourth-order valence-electron chi connectivity index (χ4n) is 2.93. The summed E-state index contributed by atoms with van der Waals surface area (Å²) in [4.78, 5) is 9.97. The summed E-state index contributed by atoms with van der Waals surface area (Å²) in [6.07, 6.45) is 6.31. The van der Waals surface area contributed by atoms with E-state index in [-0.39, 0.29) is 0 Å². The molecule has 0 spiro atoms. The molecule has 0 saturated heterocycles. The molecule has 0 fully saturated rings. The molecule has 0 saturated carbocycles. The lowest BCUT2D eigenvalue weighted by Crippen LogP contribution is -2.06. The minimum Gasteiger partial charge on any atom is -0.487 e. The van der Waals surface area contributed by atoms with Crippen molar-refractivity contribution in [2.75, 3.05) is 7.11 Å². The van der Waals surface area contributed by atoms with Crippen molar-refractivity contribution in [1.82, 2.24) is 24.3 Å². The molecule has 1 aromatic carbocycles. The van der Waals surface area contributed by atoms with Crippen molar-refractivity contribution in [1.29, 1.82) is 0 Å². The molecule has 0 amide bonds. The average molecular weight is 379 g/mol. The van der Waals surface area contributed by atoms with E-state index in [4.69, 9.17) is 14.8 Å². The maximum Gasteiger partial charge on any atom is 0.174 e. The summed E-state index contributed by atoms with van der Waals surface area (Å²) in [6, 6.07) is 12.4. The number of benzene rings is 1. The van der Waals surface area contributed by atoms with Crippen molar-refractivity contribution >= 4 is 11.3 Å². The molecule has 4 aromatic rings. The van der Waals surface area contributed by atoms with Crippen LogP contribution in [0, 0.1) is 6.92 Å². The van der Waals surface area contributed by atoms with E-state index in [1.807, 2.05) is 33.9 Å². The van der Waals surface area contributed by atoms with Crippen LogP contribution in [0.1, 0.15) is 17.0 Å². The quantitative estimate of drug-likeness (QED) is 0.490. The van der Waals surface area contributed by atoms with Gasteiger partial charge in [0.2, 0.25) is 0 Å². The van der Waals surface area contributed by atoms with Gasteiger partial charge in [-0.2, -0.15) is 5.10 Å². The van der Waals surface area contributed by atoms with E-state index in [0.717, 1.165) is 34.6 Å². The molecule has 6 nitrogen and oxygen atoms in total. The summed E-state index contributed by atoms with van der Waals surface area (Å²) in [5, 5.41) is 5.67. The lowest BCUT2D eigenvalue weighted by atomic mass is 10.1. The molecule has 0 radical (unpaired) electrons. The minimum atomic E-state index is 0.695. The topological polar surface area (TPSA) is 57.8 Å². The van der Waals surface area contributed by atoms with Crippen molar-refractivity contribution in [3.63, 3.8) is 0 Å². The van der Waals surface area contributed by atoms with Gasteiger partial charge in [0, 0.05) is 25.4 Å². The van der Waals surface area contributed by atoms with Gasteiger partial charge in [0.25, 0.3) is 0 Å². The number of ether oxygens (including phenoxy) is 1. The van der Waals surface area contributed by atoms with Gasteiger partial charge >= 0.3 is 0 Å². The van der Waals surface area contributed by atoms with E-state index in [1.165, 1.54) is 11.1 Å². The summed E-state index contributed by atoms with van der Waals surface area (Å²) < 4.78 is 9.38. The monoisotopic (exact) mass is 379 g/mol. The van der Waals surface area contributed by atoms with Crippen LogP contribution in [0.15, 0.2) is 55.1 Å². The Morgan fingerprint density at radius 3 is 2.78 bits per heavy atom. The number of aryl methyl sites for hydroxylation is 3. The Bertz CT molecular complexity index is 1020. The number of thiophene rings is 1. The van der Waals surface area contributed by atoms with Crippen molar-refractivity contribution in [2.45, 2.75) is 26.4 Å². The van der Waals surface area contributed by atoms with Gasteiger partial charge in [0.1, 0.15) is 0 Å². The van der Waals surface area contributed by atoms with E-state index in [1.54, 1.807) is 24.6 Å². The second-order valence-corrected chi connectivity index (χ2v) is 7.36. The maximum atomic E-state index is 5.35. The third-order valence-corrected chi connectivity index (χ3v) is 5.50. The Balaban J connectivity index is 1.65. The van der Waals surface area contributed by atoms with E-state index in [9.17, 15) is 0 Å². The Labute approximate surface area is 162 Å². The molecule has 0 atom stereocenters. The number of hydrogen-bond donors (Lipinski definition) is 0. The van der Waals surface area contributed by atoms with Gasteiger partial charge in [0.05, 0.1) is 24.9 Å². The largest absolute Gasteiger partial charge is 0.487 e. The first-order chi connectivity index (χ1) is 13.2. The second kappa shape index (κ2) is 7.75. The predicted molar refractivity (Wildman–Crippen MR) is 106 cm³/mol. The SMILES string of the molecule is COc1ccc(-c2nc(CCn3ccnc3)nn2Cc2ccccc2C)s1. The van der Waals surface area contributed by atoms with Crippen LogP contribution < -0.4 is 4.74 Å². The first-order valence-corrected chi connectivity index (χ1v) is 9.63. The van der Waals surface area contributed by atoms with E-state index >= 15 is 0 Å². The van der Waals surface area contributed by atoms with Crippen molar-refractivity contribution < 1.29 is 4.74 Å². The summed E-state index contributed by atoms with van der Waals surface area (Å²) in [5.41, 5.74) is 2.50. The zero-order valence-electron chi connectivity index (χ0n) is 15.4. The van der Waals surface area contributed by atoms with Crippen LogP contribution in [-0.4, -0.2) is 31.4 Å². The minimum absolute atomic E-state index is 0.695. The Hall–Kier alpha value is -2.93. The van der Waals surface area contributed by atoms with Crippen LogP contribution in [0.5, 0.6) is 5.06 Å². The first-order valence-electron chi connectivity index (χ1n) is 8.81. The highest BCUT2D eigenvalue weighted by molar-refractivity contribution is 7.17. The summed E-state index contributed by atoms with van der Waals surface area (Å²) in [6.45, 7) is 3.63. The fraction of sp³-hybridized carbons (Fsp3) is 0.250. The molecule has 0 aliphatic carbocycles. The van der Waals surface area contributed by atoms with Crippen LogP contribution in [0.4, 0.5) is 0 Å². The highest BCUT2D eigenvalue weighted by atomic mass is 32.1. The van der Waals surface area contributed by atoms with Gasteiger partial charge in [-0.3, -0.25) is 0 Å². The number of imidazole rings is 1. The van der Waals surface area contributed by atoms with Gasteiger partial charge in [-0.25, -0.2) is 14.6 Å². The molecule has 7 heteroatoms. The second-order valence-electron chi connectivity index (χ2n) is 6.31. The lowest BCUT2D eigenvalue weighted by Gasteiger charge is -2.07. The highest BCUT2D eigenvalue weighted by Crippen LogP contribution is 2.32. The Morgan fingerprint density at radius 2 is 2.04 bits per heavy atom. The molecule has 3 heterocycles. The van der Waals surface area contributed by atoms with Crippen LogP contribution in [0.2, 0.25) is 0 Å². The standard InChI is InChI=1S/C20H21N5OS/c1-15-5-3-4-6-16(15)13-25-20(17-7-8-19(26-2)27-17)22-18(23-25)9-11-24-12-10-21-14-24/h3-8,10,12,14H,9,11,13H2,1-2H3. The predicted octanol–water partition coefficient (Wildman–Crippen LogP) is 3.81. The van der Waals surface area contributed by atoms with E-state index < -0.39 is 0 Å². The average Bonchev–Trinajstić information content (AvgIpc) is 3.42. The molecule has 3 aromatic heterocycles. The molecular weight excluding hydrogens is 358 g/mol.